The number of carbonyl (C=O) groups is 4. The van der Waals surface area contributed by atoms with Crippen LogP contribution in [0.25, 0.3) is 0 Å². The van der Waals surface area contributed by atoms with E-state index < -0.39 is 24.6 Å². The molecular formula is C30H39N4O6-. The summed E-state index contributed by atoms with van der Waals surface area (Å²) in [6, 6.07) is 17.2. The number of aliphatic hydroxyl groups excluding tert-OH is 1. The van der Waals surface area contributed by atoms with Gasteiger partial charge in [-0.05, 0) is 50.3 Å². The maximum atomic E-state index is 13.9. The van der Waals surface area contributed by atoms with Crippen LogP contribution in [-0.4, -0.2) is 72.0 Å². The molecule has 2 aromatic rings. The normalized spacial score (nSPS) is 22.8. The van der Waals surface area contributed by atoms with Gasteiger partial charge in [-0.3, -0.25) is 14.4 Å². The molecule has 10 nitrogen and oxygen atoms in total. The predicted molar refractivity (Wildman–Crippen MR) is 147 cm³/mol. The van der Waals surface area contributed by atoms with Gasteiger partial charge >= 0.3 is 0 Å². The summed E-state index contributed by atoms with van der Waals surface area (Å²) in [6.07, 6.45) is 3.16. The number of nitrogens with one attached hydrogen (secondary N) is 3. The topological polar surface area (TPSA) is 151 Å². The quantitative estimate of drug-likeness (QED) is 0.332. The van der Waals surface area contributed by atoms with Crippen molar-refractivity contribution in [3.8, 4) is 0 Å². The van der Waals surface area contributed by atoms with Gasteiger partial charge in [0.2, 0.25) is 17.7 Å². The molecule has 0 unspecified atom stereocenters. The summed E-state index contributed by atoms with van der Waals surface area (Å²) in [6.45, 7) is 1.19. The van der Waals surface area contributed by atoms with E-state index in [0.717, 1.165) is 17.5 Å². The van der Waals surface area contributed by atoms with Crippen LogP contribution in [0, 0.1) is 5.92 Å². The number of hydrogen-bond donors (Lipinski definition) is 4. The lowest BCUT2D eigenvalue weighted by atomic mass is 9.93. The summed E-state index contributed by atoms with van der Waals surface area (Å²) in [4.78, 5) is 50.4. The van der Waals surface area contributed by atoms with Gasteiger partial charge in [0.15, 0.2) is 0 Å². The number of rotatable bonds is 9. The van der Waals surface area contributed by atoms with E-state index in [2.05, 4.69) is 16.0 Å². The summed E-state index contributed by atoms with van der Waals surface area (Å²) in [5.74, 6) is -1.15. The molecule has 0 bridgehead atoms. The Hall–Kier alpha value is -3.76. The van der Waals surface area contributed by atoms with Crippen LogP contribution in [0.3, 0.4) is 0 Å². The fourth-order valence-electron chi connectivity index (χ4n) is 5.73. The second-order valence-electron chi connectivity index (χ2n) is 10.1. The summed E-state index contributed by atoms with van der Waals surface area (Å²) < 4.78 is 0. The van der Waals surface area contributed by atoms with Crippen LogP contribution >= 0.6 is 0 Å². The Bertz CT molecular complexity index is 1070. The molecular weight excluding hydrogens is 512 g/mol. The number of fused-ring (bicyclic) bond motifs is 1. The summed E-state index contributed by atoms with van der Waals surface area (Å²) in [5.41, 5.74) is 1.92. The third-order valence-corrected chi connectivity index (χ3v) is 7.83. The van der Waals surface area contributed by atoms with Crippen molar-refractivity contribution in [2.45, 2.75) is 69.2 Å². The van der Waals surface area contributed by atoms with Crippen LogP contribution < -0.4 is 21.1 Å². The number of likely N-dealkylation sites (N-methyl/N-ethyl adjacent to an activating group) is 1. The summed E-state index contributed by atoms with van der Waals surface area (Å²) in [5, 5.41) is 27.4. The molecule has 4 N–H and O–H groups in total. The molecule has 40 heavy (non-hydrogen) atoms. The van der Waals surface area contributed by atoms with Crippen LogP contribution in [0.2, 0.25) is 0 Å². The van der Waals surface area contributed by atoms with Gasteiger partial charge in [0, 0.05) is 25.0 Å². The molecule has 2 heterocycles. The SMILES string of the molecule is CC[C@H](NC)C(=O)N[C@@H]1C(=O)N2[C@@H](CC[C@@H]1CO)CC[C@H]2C(=O)NC(c1ccccc1)c1ccccc1.O=C[O-]. The number of carboxylic acid groups (broad SMARTS) is 1. The minimum Gasteiger partial charge on any atom is -0.554 e. The smallest absolute Gasteiger partial charge is 0.246 e. The van der Waals surface area contributed by atoms with E-state index in [0.29, 0.717) is 25.7 Å². The molecule has 2 saturated heterocycles. The first kappa shape index (κ1) is 30.8. The highest BCUT2D eigenvalue weighted by Gasteiger charge is 2.47. The van der Waals surface area contributed by atoms with E-state index >= 15 is 0 Å². The largest absolute Gasteiger partial charge is 0.554 e. The van der Waals surface area contributed by atoms with E-state index in [1.165, 1.54) is 0 Å². The summed E-state index contributed by atoms with van der Waals surface area (Å²) in [7, 11) is 1.71. The highest BCUT2D eigenvalue weighted by atomic mass is 16.3. The molecule has 4 rings (SSSR count). The van der Waals surface area contributed by atoms with Gasteiger partial charge in [0.05, 0.1) is 12.1 Å². The average molecular weight is 552 g/mol. The lowest BCUT2D eigenvalue weighted by Crippen LogP contribution is -2.58. The zero-order valence-electron chi connectivity index (χ0n) is 23.0. The first-order chi connectivity index (χ1) is 19.4. The van der Waals surface area contributed by atoms with Crippen molar-refractivity contribution in [1.29, 1.82) is 0 Å². The lowest BCUT2D eigenvalue weighted by molar-refractivity contribution is -0.283. The second kappa shape index (κ2) is 15.1. The van der Waals surface area contributed by atoms with Crippen LogP contribution in [0.1, 0.15) is 56.2 Å². The van der Waals surface area contributed by atoms with Crippen LogP contribution in [0.4, 0.5) is 0 Å². The third-order valence-electron chi connectivity index (χ3n) is 7.83. The number of nitrogens with zero attached hydrogens (tertiary/aromatic N) is 1. The van der Waals surface area contributed by atoms with Crippen molar-refractivity contribution in [2.24, 2.45) is 5.92 Å². The van der Waals surface area contributed by atoms with Gasteiger partial charge in [-0.1, -0.05) is 67.6 Å². The molecule has 0 spiro atoms. The van der Waals surface area contributed by atoms with Crippen molar-refractivity contribution in [1.82, 2.24) is 20.9 Å². The van der Waals surface area contributed by atoms with E-state index in [9.17, 15) is 19.5 Å². The highest BCUT2D eigenvalue weighted by Crippen LogP contribution is 2.34. The number of aliphatic hydroxyl groups is 1. The Morgan fingerprint density at radius 1 is 1.02 bits per heavy atom. The van der Waals surface area contributed by atoms with E-state index in [-0.39, 0.29) is 42.3 Å². The maximum absolute atomic E-state index is 13.9. The van der Waals surface area contributed by atoms with Crippen molar-refractivity contribution < 1.29 is 29.4 Å². The standard InChI is InChI=1S/C29H38N4O4.CH2O2/c1-3-23(30-2)27(35)32-26-21(18-34)14-15-22-16-17-24(33(22)29(26)37)28(36)31-25(19-10-6-4-7-11-19)20-12-8-5-9-13-20;2-1-3/h4-13,21-26,30,34H,3,14-18H2,1-2H3,(H,31,36)(H,32,35);1H,(H,2,3)/p-1/t21-,22+,23+,24+,26+;/m1./s1. The minimum absolute atomic E-state index is 0.0858. The maximum Gasteiger partial charge on any atom is 0.246 e. The average Bonchev–Trinajstić information content (AvgIpc) is 3.36. The minimum atomic E-state index is -0.864. The molecule has 2 aliphatic heterocycles. The van der Waals surface area contributed by atoms with E-state index in [1.54, 1.807) is 11.9 Å². The number of carbonyl (C=O) groups excluding carboxylic acids is 4. The van der Waals surface area contributed by atoms with Crippen molar-refractivity contribution in [3.05, 3.63) is 71.8 Å². The number of amides is 3. The first-order valence-electron chi connectivity index (χ1n) is 13.8. The molecule has 10 heteroatoms. The molecule has 3 amide bonds. The van der Waals surface area contributed by atoms with Crippen molar-refractivity contribution in [2.75, 3.05) is 13.7 Å². The Labute approximate surface area is 235 Å². The van der Waals surface area contributed by atoms with Gasteiger partial charge in [-0.15, -0.1) is 0 Å². The Balaban J connectivity index is 0.00000141. The molecule has 0 radical (unpaired) electrons. The van der Waals surface area contributed by atoms with Crippen molar-refractivity contribution in [3.63, 3.8) is 0 Å². The third kappa shape index (κ3) is 7.25. The van der Waals surface area contributed by atoms with Gasteiger partial charge in [-0.25, -0.2) is 0 Å². The lowest BCUT2D eigenvalue weighted by Gasteiger charge is -2.33. The Kier molecular flexibility index (Phi) is 11.6. The molecule has 5 atom stereocenters. The van der Waals surface area contributed by atoms with Crippen LogP contribution in [0.15, 0.2) is 60.7 Å². The van der Waals surface area contributed by atoms with E-state index in [4.69, 9.17) is 9.90 Å². The van der Waals surface area contributed by atoms with Gasteiger partial charge in [0.1, 0.15) is 12.1 Å². The predicted octanol–water partition coefficient (Wildman–Crippen LogP) is 0.503. The highest BCUT2D eigenvalue weighted by molar-refractivity contribution is 5.94. The molecule has 2 fully saturated rings. The van der Waals surface area contributed by atoms with Crippen LogP contribution in [0.5, 0.6) is 0 Å². The molecule has 0 aromatic heterocycles. The molecule has 0 saturated carbocycles. The van der Waals surface area contributed by atoms with Gasteiger partial charge in [-0.2, -0.15) is 0 Å². The molecule has 2 aromatic carbocycles. The monoisotopic (exact) mass is 551 g/mol. The Morgan fingerprint density at radius 2 is 1.57 bits per heavy atom. The summed E-state index contributed by atoms with van der Waals surface area (Å²) >= 11 is 0. The molecule has 216 valence electrons. The zero-order chi connectivity index (χ0) is 29.1. The fourth-order valence-corrected chi connectivity index (χ4v) is 5.73. The Morgan fingerprint density at radius 3 is 2.08 bits per heavy atom. The second-order valence-corrected chi connectivity index (χ2v) is 10.1. The van der Waals surface area contributed by atoms with Gasteiger partial charge in [0.25, 0.3) is 0 Å². The number of benzene rings is 2. The van der Waals surface area contributed by atoms with E-state index in [1.807, 2.05) is 67.6 Å². The van der Waals surface area contributed by atoms with Crippen LogP contribution in [-0.2, 0) is 19.2 Å². The van der Waals surface area contributed by atoms with Crippen molar-refractivity contribution >= 4 is 24.2 Å². The zero-order valence-corrected chi connectivity index (χ0v) is 23.0. The number of hydrogen-bond acceptors (Lipinski definition) is 7. The fraction of sp³-hybridized carbons (Fsp3) is 0.467. The first-order valence-corrected chi connectivity index (χ1v) is 13.8. The van der Waals surface area contributed by atoms with Gasteiger partial charge < -0.3 is 35.9 Å². The molecule has 0 aliphatic carbocycles. The molecule has 2 aliphatic rings.